The highest BCUT2D eigenvalue weighted by atomic mass is 32.2. The van der Waals surface area contributed by atoms with Gasteiger partial charge in [0.1, 0.15) is 5.82 Å². The summed E-state index contributed by atoms with van der Waals surface area (Å²) in [6.45, 7) is 2.92. The molecule has 0 radical (unpaired) electrons. The topological polar surface area (TPSA) is 82.6 Å². The normalized spacial score (nSPS) is 15.2. The molecule has 0 unspecified atom stereocenters. The van der Waals surface area contributed by atoms with Crippen LogP contribution >= 0.6 is 0 Å². The van der Waals surface area contributed by atoms with Crippen molar-refractivity contribution in [2.24, 2.45) is 0 Å². The lowest BCUT2D eigenvalue weighted by atomic mass is 10.1. The fourth-order valence-electron chi connectivity index (χ4n) is 3.27. The second-order valence-electron chi connectivity index (χ2n) is 7.16. The van der Waals surface area contributed by atoms with Gasteiger partial charge in [0.25, 0.3) is 5.91 Å². The zero-order valence-electron chi connectivity index (χ0n) is 16.5. The van der Waals surface area contributed by atoms with Crippen LogP contribution in [-0.2, 0) is 10.0 Å². The van der Waals surface area contributed by atoms with Crippen molar-refractivity contribution >= 4 is 27.4 Å². The van der Waals surface area contributed by atoms with E-state index in [0.717, 1.165) is 24.8 Å². The molecule has 2 aromatic rings. The van der Waals surface area contributed by atoms with Crippen LogP contribution in [0.3, 0.4) is 0 Å². The number of sulfonamides is 1. The molecule has 1 fully saturated rings. The van der Waals surface area contributed by atoms with Gasteiger partial charge in [0.05, 0.1) is 10.5 Å². The maximum Gasteiger partial charge on any atom is 0.259 e. The molecule has 1 N–H and O–H groups in total. The Bertz CT molecular complexity index is 967. The number of hydrogen-bond acceptors (Lipinski definition) is 5. The van der Waals surface area contributed by atoms with Crippen LogP contribution in [-0.4, -0.2) is 50.8 Å². The van der Waals surface area contributed by atoms with Crippen molar-refractivity contribution < 1.29 is 13.2 Å². The van der Waals surface area contributed by atoms with Crippen molar-refractivity contribution in [1.82, 2.24) is 9.29 Å². The van der Waals surface area contributed by atoms with Gasteiger partial charge >= 0.3 is 0 Å². The number of carbonyl (C=O) groups is 1. The molecule has 28 heavy (non-hydrogen) atoms. The van der Waals surface area contributed by atoms with Crippen LogP contribution in [0.1, 0.15) is 35.2 Å². The van der Waals surface area contributed by atoms with Gasteiger partial charge in [0.2, 0.25) is 10.0 Å². The van der Waals surface area contributed by atoms with Gasteiger partial charge in [-0.1, -0.05) is 12.5 Å². The average molecular weight is 403 g/mol. The predicted octanol–water partition coefficient (Wildman–Crippen LogP) is 2.88. The van der Waals surface area contributed by atoms with Gasteiger partial charge in [0, 0.05) is 39.1 Å². The molecule has 1 aromatic heterocycles. The lowest BCUT2D eigenvalue weighted by molar-refractivity contribution is 0.102. The molecule has 1 saturated heterocycles. The second-order valence-corrected chi connectivity index (χ2v) is 9.10. The van der Waals surface area contributed by atoms with Crippen molar-refractivity contribution in [2.45, 2.75) is 31.1 Å². The summed E-state index contributed by atoms with van der Waals surface area (Å²) in [7, 11) is 0.0694. The molecule has 1 amide bonds. The summed E-state index contributed by atoms with van der Waals surface area (Å²) in [5.74, 6) is 0.224. The van der Waals surface area contributed by atoms with Crippen LogP contribution in [0.2, 0.25) is 0 Å². The fraction of sp³-hybridized carbons (Fsp3) is 0.400. The molecule has 0 aliphatic carbocycles. The Kier molecular flexibility index (Phi) is 6.00. The molecule has 1 aliphatic rings. The van der Waals surface area contributed by atoms with Crippen LogP contribution in [0.4, 0.5) is 11.5 Å². The minimum Gasteiger partial charge on any atom is -0.362 e. The van der Waals surface area contributed by atoms with Gasteiger partial charge in [-0.15, -0.1) is 0 Å². The minimum absolute atomic E-state index is 0.203. The van der Waals surface area contributed by atoms with Crippen LogP contribution in [0.25, 0.3) is 0 Å². The molecule has 1 aliphatic heterocycles. The highest BCUT2D eigenvalue weighted by molar-refractivity contribution is 7.89. The summed E-state index contributed by atoms with van der Waals surface area (Å²) in [6.07, 6.45) is 4.44. The maximum atomic E-state index is 12.9. The molecular formula is C20H26N4O3S. The summed E-state index contributed by atoms with van der Waals surface area (Å²) in [6, 6.07) is 8.27. The van der Waals surface area contributed by atoms with E-state index in [4.69, 9.17) is 0 Å². The Morgan fingerprint density at radius 3 is 2.54 bits per heavy atom. The number of nitrogens with one attached hydrogen (secondary N) is 1. The number of hydrogen-bond donors (Lipinski definition) is 1. The summed E-state index contributed by atoms with van der Waals surface area (Å²) >= 11 is 0. The van der Waals surface area contributed by atoms with E-state index >= 15 is 0 Å². The number of pyridine rings is 1. The molecule has 150 valence electrons. The third-order valence-corrected chi connectivity index (χ3v) is 6.76. The maximum absolute atomic E-state index is 12.9. The van der Waals surface area contributed by atoms with Crippen molar-refractivity contribution in [2.75, 3.05) is 37.4 Å². The number of carbonyl (C=O) groups excluding carboxylic acids is 1. The second kappa shape index (κ2) is 8.28. The van der Waals surface area contributed by atoms with E-state index in [1.165, 1.54) is 4.31 Å². The Morgan fingerprint density at radius 2 is 1.86 bits per heavy atom. The first kappa shape index (κ1) is 20.3. The van der Waals surface area contributed by atoms with E-state index in [1.807, 2.05) is 21.0 Å². The lowest BCUT2D eigenvalue weighted by Gasteiger charge is -2.26. The summed E-state index contributed by atoms with van der Waals surface area (Å²) in [4.78, 5) is 19.0. The Balaban J connectivity index is 1.89. The number of piperidine rings is 1. The Hall–Kier alpha value is -2.45. The lowest BCUT2D eigenvalue weighted by Crippen LogP contribution is -2.35. The number of rotatable bonds is 5. The SMILES string of the molecule is Cc1ccc(S(=O)(=O)N2CCCCC2)cc1NC(=O)c1cccnc1N(C)C. The van der Waals surface area contributed by atoms with E-state index < -0.39 is 10.0 Å². The van der Waals surface area contributed by atoms with E-state index in [0.29, 0.717) is 30.2 Å². The number of aryl methyl sites for hydroxylation is 1. The molecule has 0 atom stereocenters. The van der Waals surface area contributed by atoms with Crippen molar-refractivity contribution in [3.05, 3.63) is 47.7 Å². The first-order valence-corrected chi connectivity index (χ1v) is 10.8. The number of anilines is 2. The zero-order valence-corrected chi connectivity index (χ0v) is 17.3. The highest BCUT2D eigenvalue weighted by Crippen LogP contribution is 2.26. The van der Waals surface area contributed by atoms with Crippen LogP contribution in [0.15, 0.2) is 41.4 Å². The molecule has 0 saturated carbocycles. The predicted molar refractivity (Wildman–Crippen MR) is 110 cm³/mol. The number of aromatic nitrogens is 1. The first-order chi connectivity index (χ1) is 13.3. The van der Waals surface area contributed by atoms with Gasteiger partial charge in [-0.05, 0) is 49.6 Å². The monoisotopic (exact) mass is 402 g/mol. The molecule has 1 aromatic carbocycles. The smallest absolute Gasteiger partial charge is 0.259 e. The average Bonchev–Trinajstić information content (AvgIpc) is 2.70. The van der Waals surface area contributed by atoms with Gasteiger partial charge in [-0.3, -0.25) is 4.79 Å². The minimum atomic E-state index is -3.56. The van der Waals surface area contributed by atoms with Crippen LogP contribution in [0.5, 0.6) is 0 Å². The standard InChI is InChI=1S/C20H26N4O3S/c1-15-9-10-16(28(26,27)24-12-5-4-6-13-24)14-18(15)22-20(25)17-8-7-11-21-19(17)23(2)3/h7-11,14H,4-6,12-13H2,1-3H3,(H,22,25). The third-order valence-electron chi connectivity index (χ3n) is 4.86. The van der Waals surface area contributed by atoms with Gasteiger partial charge < -0.3 is 10.2 Å². The largest absolute Gasteiger partial charge is 0.362 e. The van der Waals surface area contributed by atoms with Crippen LogP contribution < -0.4 is 10.2 Å². The number of benzene rings is 1. The number of amides is 1. The third kappa shape index (κ3) is 4.18. The molecule has 8 heteroatoms. The summed E-state index contributed by atoms with van der Waals surface area (Å²) < 4.78 is 27.4. The van der Waals surface area contributed by atoms with E-state index in [-0.39, 0.29) is 10.8 Å². The molecule has 0 spiro atoms. The molecule has 0 bridgehead atoms. The summed E-state index contributed by atoms with van der Waals surface area (Å²) in [5, 5.41) is 2.85. The molecule has 3 rings (SSSR count). The molecule has 2 heterocycles. The fourth-order valence-corrected chi connectivity index (χ4v) is 4.81. The molecule has 7 nitrogen and oxygen atoms in total. The van der Waals surface area contributed by atoms with Crippen LogP contribution in [0, 0.1) is 6.92 Å². The van der Waals surface area contributed by atoms with Gasteiger partial charge in [-0.2, -0.15) is 4.31 Å². The van der Waals surface area contributed by atoms with Crippen molar-refractivity contribution in [3.63, 3.8) is 0 Å². The van der Waals surface area contributed by atoms with Crippen molar-refractivity contribution in [1.29, 1.82) is 0 Å². The summed E-state index contributed by atoms with van der Waals surface area (Å²) in [5.41, 5.74) is 1.70. The quantitative estimate of drug-likeness (QED) is 0.832. The van der Waals surface area contributed by atoms with E-state index in [2.05, 4.69) is 10.3 Å². The Labute approximate surface area is 166 Å². The highest BCUT2D eigenvalue weighted by Gasteiger charge is 2.26. The van der Waals surface area contributed by atoms with E-state index in [9.17, 15) is 13.2 Å². The number of nitrogens with zero attached hydrogens (tertiary/aromatic N) is 3. The zero-order chi connectivity index (χ0) is 20.3. The van der Waals surface area contributed by atoms with Gasteiger partial charge in [0.15, 0.2) is 0 Å². The first-order valence-electron chi connectivity index (χ1n) is 9.35. The van der Waals surface area contributed by atoms with Crippen molar-refractivity contribution in [3.8, 4) is 0 Å². The van der Waals surface area contributed by atoms with E-state index in [1.54, 1.807) is 41.4 Å². The Morgan fingerprint density at radius 1 is 1.14 bits per heavy atom. The molecular weight excluding hydrogens is 376 g/mol. The van der Waals surface area contributed by atoms with Gasteiger partial charge in [-0.25, -0.2) is 13.4 Å².